The molecule has 0 aromatic heterocycles. The first-order valence-corrected chi connectivity index (χ1v) is 11.4. The highest BCUT2D eigenvalue weighted by atomic mass is 16.5. The van der Waals surface area contributed by atoms with E-state index in [0.717, 1.165) is 4.90 Å². The molecule has 1 saturated heterocycles. The van der Waals surface area contributed by atoms with Gasteiger partial charge in [0, 0.05) is 11.1 Å². The highest BCUT2D eigenvalue weighted by molar-refractivity contribution is 6.22. The van der Waals surface area contributed by atoms with Gasteiger partial charge in [0.15, 0.2) is 12.4 Å². The molecule has 3 aromatic rings. The second-order valence-corrected chi connectivity index (χ2v) is 8.24. The van der Waals surface area contributed by atoms with Crippen molar-refractivity contribution in [3.63, 3.8) is 0 Å². The zero-order valence-electron chi connectivity index (χ0n) is 20.2. The minimum Gasteiger partial charge on any atom is -0.508 e. The molecule has 0 spiro atoms. The number of ether oxygens (including phenoxy) is 2. The Morgan fingerprint density at radius 1 is 0.895 bits per heavy atom. The Morgan fingerprint density at radius 3 is 2.13 bits per heavy atom. The van der Waals surface area contributed by atoms with Crippen LogP contribution < -0.4 is 20.5 Å². The van der Waals surface area contributed by atoms with E-state index < -0.39 is 36.3 Å². The average Bonchev–Trinajstić information content (AvgIpc) is 3.23. The minimum atomic E-state index is -0.989. The van der Waals surface area contributed by atoms with Gasteiger partial charge in [0.1, 0.15) is 17.5 Å². The van der Waals surface area contributed by atoms with Crippen LogP contribution in [-0.4, -0.2) is 54.3 Å². The molecule has 38 heavy (non-hydrogen) atoms. The van der Waals surface area contributed by atoms with Gasteiger partial charge >= 0.3 is 5.97 Å². The van der Waals surface area contributed by atoms with Gasteiger partial charge in [-0.2, -0.15) is 0 Å². The smallest absolute Gasteiger partial charge is 0.338 e. The number of hydrogen-bond acceptors (Lipinski definition) is 9. The largest absolute Gasteiger partial charge is 0.508 e. The Balaban J connectivity index is 1.32. The number of phenolic OH excluding ortho intramolecular Hbond substituents is 1. The quantitative estimate of drug-likeness (QED) is 0.168. The van der Waals surface area contributed by atoms with E-state index in [1.54, 1.807) is 24.3 Å². The Bertz CT molecular complexity index is 1370. The molecule has 194 valence electrons. The number of nitrogens with zero attached hydrogens (tertiary/aromatic N) is 1. The number of rotatable bonds is 9. The number of benzene rings is 3. The molecular weight excluding hydrogens is 494 g/mol. The summed E-state index contributed by atoms with van der Waals surface area (Å²) in [4.78, 5) is 63.1. The Labute approximate surface area is 216 Å². The minimum absolute atomic E-state index is 0.00282. The van der Waals surface area contributed by atoms with E-state index in [0.29, 0.717) is 11.3 Å². The number of methoxy groups -OCH3 is 1. The van der Waals surface area contributed by atoms with Crippen molar-refractivity contribution < 1.29 is 38.6 Å². The highest BCUT2D eigenvalue weighted by Crippen LogP contribution is 2.23. The first kappa shape index (κ1) is 26.0. The number of esters is 1. The lowest BCUT2D eigenvalue weighted by Gasteiger charge is -2.16. The first-order chi connectivity index (χ1) is 18.3. The summed E-state index contributed by atoms with van der Waals surface area (Å²) >= 11 is 0. The van der Waals surface area contributed by atoms with Gasteiger partial charge in [0.05, 0.1) is 24.8 Å². The standard InChI is InChI=1S/C27H23N3O8/c1-37-21-12-6-16(7-13-21)23(32)15-38-27(36)18-2-8-19(9-3-18)30-24(33)14-22(26(30)35)28-29-25(34)17-4-10-20(31)11-5-17/h2-13,22,28,31H,14-15H2,1H3,(H,29,34). The lowest BCUT2D eigenvalue weighted by atomic mass is 10.1. The maximum absolute atomic E-state index is 12.8. The fourth-order valence-corrected chi connectivity index (χ4v) is 3.67. The second kappa shape index (κ2) is 11.4. The van der Waals surface area contributed by atoms with Gasteiger partial charge in [-0.3, -0.25) is 24.6 Å². The molecule has 11 nitrogen and oxygen atoms in total. The predicted octanol–water partition coefficient (Wildman–Crippen LogP) is 2.01. The van der Waals surface area contributed by atoms with Crippen LogP contribution >= 0.6 is 0 Å². The lowest BCUT2D eigenvalue weighted by molar-refractivity contribution is -0.121. The summed E-state index contributed by atoms with van der Waals surface area (Å²) in [6.07, 6.45) is -0.189. The molecule has 0 bridgehead atoms. The first-order valence-electron chi connectivity index (χ1n) is 11.4. The zero-order valence-corrected chi connectivity index (χ0v) is 20.2. The molecule has 4 rings (SSSR count). The van der Waals surface area contributed by atoms with Crippen LogP contribution in [0.1, 0.15) is 37.5 Å². The zero-order chi connectivity index (χ0) is 27.2. The van der Waals surface area contributed by atoms with Crippen LogP contribution in [0.15, 0.2) is 72.8 Å². The van der Waals surface area contributed by atoms with Crippen LogP contribution in [0.4, 0.5) is 5.69 Å². The van der Waals surface area contributed by atoms with Gasteiger partial charge in [0.2, 0.25) is 5.91 Å². The topological polar surface area (TPSA) is 151 Å². The summed E-state index contributed by atoms with van der Waals surface area (Å²) in [6.45, 7) is -0.459. The van der Waals surface area contributed by atoms with Crippen LogP contribution in [0.3, 0.4) is 0 Å². The van der Waals surface area contributed by atoms with Crippen LogP contribution in [0.2, 0.25) is 0 Å². The van der Waals surface area contributed by atoms with Crippen molar-refractivity contribution in [2.75, 3.05) is 18.6 Å². The molecule has 0 radical (unpaired) electrons. The van der Waals surface area contributed by atoms with Crippen molar-refractivity contribution in [2.45, 2.75) is 12.5 Å². The number of anilines is 1. The Hall–Kier alpha value is -5.03. The molecule has 1 fully saturated rings. The lowest BCUT2D eigenvalue weighted by Crippen LogP contribution is -2.48. The Kier molecular flexibility index (Phi) is 7.78. The number of hydrogen-bond donors (Lipinski definition) is 3. The van der Waals surface area contributed by atoms with Crippen molar-refractivity contribution in [1.29, 1.82) is 0 Å². The summed E-state index contributed by atoms with van der Waals surface area (Å²) in [5.74, 6) is -2.15. The third-order valence-electron chi connectivity index (χ3n) is 5.74. The molecule has 1 aliphatic heterocycles. The molecule has 11 heteroatoms. The van der Waals surface area contributed by atoms with Gasteiger partial charge in [-0.05, 0) is 72.8 Å². The molecule has 1 unspecified atom stereocenters. The van der Waals surface area contributed by atoms with E-state index in [4.69, 9.17) is 9.47 Å². The van der Waals surface area contributed by atoms with Gasteiger partial charge < -0.3 is 14.6 Å². The van der Waals surface area contributed by atoms with Crippen LogP contribution in [0.25, 0.3) is 0 Å². The molecule has 0 aliphatic carbocycles. The molecule has 1 atom stereocenters. The van der Waals surface area contributed by atoms with Crippen molar-refractivity contribution >= 4 is 35.2 Å². The third kappa shape index (κ3) is 5.85. The number of Topliss-reactive ketones (excluding diaryl/α,β-unsaturated/α-hetero) is 1. The monoisotopic (exact) mass is 517 g/mol. The number of imide groups is 1. The van der Waals surface area contributed by atoms with Gasteiger partial charge in [-0.25, -0.2) is 15.1 Å². The number of ketones is 1. The van der Waals surface area contributed by atoms with Crippen molar-refractivity contribution in [3.05, 3.63) is 89.5 Å². The number of amides is 3. The predicted molar refractivity (Wildman–Crippen MR) is 134 cm³/mol. The number of phenols is 1. The molecule has 3 amide bonds. The van der Waals surface area contributed by atoms with Crippen LogP contribution in [0, 0.1) is 0 Å². The summed E-state index contributed by atoms with van der Waals surface area (Å²) in [7, 11) is 1.51. The summed E-state index contributed by atoms with van der Waals surface area (Å²) in [5, 5.41) is 9.32. The molecular formula is C27H23N3O8. The number of carbonyl (C=O) groups is 5. The normalized spacial score (nSPS) is 14.8. The van der Waals surface area contributed by atoms with E-state index in [-0.39, 0.29) is 34.8 Å². The van der Waals surface area contributed by atoms with Crippen LogP contribution in [-0.2, 0) is 14.3 Å². The second-order valence-electron chi connectivity index (χ2n) is 8.24. The SMILES string of the molecule is COc1ccc(C(=O)COC(=O)c2ccc(N3C(=O)CC(NNC(=O)c4ccc(O)cc4)C3=O)cc2)cc1. The van der Waals surface area contributed by atoms with E-state index in [9.17, 15) is 29.1 Å². The van der Waals surface area contributed by atoms with Gasteiger partial charge in [-0.15, -0.1) is 0 Å². The fourth-order valence-electron chi connectivity index (χ4n) is 3.67. The highest BCUT2D eigenvalue weighted by Gasteiger charge is 2.39. The van der Waals surface area contributed by atoms with Gasteiger partial charge in [-0.1, -0.05) is 0 Å². The van der Waals surface area contributed by atoms with E-state index in [2.05, 4.69) is 10.9 Å². The Morgan fingerprint density at radius 2 is 1.50 bits per heavy atom. The maximum atomic E-state index is 12.8. The molecule has 3 N–H and O–H groups in total. The van der Waals surface area contributed by atoms with Crippen molar-refractivity contribution in [3.8, 4) is 11.5 Å². The van der Waals surface area contributed by atoms with Gasteiger partial charge in [0.25, 0.3) is 11.8 Å². The van der Waals surface area contributed by atoms with Crippen molar-refractivity contribution in [2.24, 2.45) is 0 Å². The number of carbonyl (C=O) groups excluding carboxylic acids is 5. The fraction of sp³-hybridized carbons (Fsp3) is 0.148. The van der Waals surface area contributed by atoms with Crippen LogP contribution in [0.5, 0.6) is 11.5 Å². The van der Waals surface area contributed by atoms with E-state index in [1.165, 1.54) is 55.6 Å². The molecule has 1 heterocycles. The molecule has 3 aromatic carbocycles. The number of aromatic hydroxyl groups is 1. The third-order valence-corrected chi connectivity index (χ3v) is 5.74. The number of nitrogens with one attached hydrogen (secondary N) is 2. The summed E-state index contributed by atoms with van der Waals surface area (Å²) in [5.41, 5.74) is 5.92. The van der Waals surface area contributed by atoms with Crippen molar-refractivity contribution in [1.82, 2.24) is 10.9 Å². The van der Waals surface area contributed by atoms with E-state index in [1.807, 2.05) is 0 Å². The summed E-state index contributed by atoms with van der Waals surface area (Å²) in [6, 6.07) is 16.5. The maximum Gasteiger partial charge on any atom is 0.338 e. The molecule has 1 aliphatic rings. The number of hydrazine groups is 1. The van der Waals surface area contributed by atoms with E-state index >= 15 is 0 Å². The average molecular weight is 517 g/mol. The summed E-state index contributed by atoms with van der Waals surface area (Å²) < 4.78 is 10.1. The molecule has 0 saturated carbocycles.